The van der Waals surface area contributed by atoms with Gasteiger partial charge < -0.3 is 24.5 Å². The van der Waals surface area contributed by atoms with Crippen molar-refractivity contribution in [1.82, 2.24) is 0 Å². The van der Waals surface area contributed by atoms with E-state index in [9.17, 15) is 18.8 Å². The monoisotopic (exact) mass is 702 g/mol. The molecule has 0 amide bonds. The number of aliphatic carboxylic acids is 1. The number of hydrogen-bond acceptors (Lipinski definition) is 6. The number of esters is 2. The van der Waals surface area contributed by atoms with Crippen LogP contribution in [0.1, 0.15) is 107 Å². The van der Waals surface area contributed by atoms with E-state index < -0.39 is 29.4 Å². The average Bonchev–Trinajstić information content (AvgIpc) is 2.73. The molecule has 2 unspecified atom stereocenters. The molecule has 0 aromatic heterocycles. The summed E-state index contributed by atoms with van der Waals surface area (Å²) in [5.41, 5.74) is 0.217. The van der Waals surface area contributed by atoms with Crippen LogP contribution in [-0.4, -0.2) is 68.3 Å². The number of quaternary nitrogens is 1. The number of benzene rings is 1. The Kier molecular flexibility index (Phi) is 19.9. The third kappa shape index (κ3) is 19.9. The SMILES string of the molecule is C.CC(C)(C)C(=O)O.CC(C)(C)C(=O)OC1CCC(OC(=O)C(C)(C)C)c2cc(I)ccc21.C[N+](C)(C)C.[2H]CF.[OH-]. The second-order valence-electron chi connectivity index (χ2n) is 13.9. The van der Waals surface area contributed by atoms with E-state index in [0.717, 1.165) is 19.2 Å². The lowest BCUT2D eigenvalue weighted by Crippen LogP contribution is -2.30. The number of carbonyl (C=O) groups excluding carboxylic acids is 2. The largest absolute Gasteiger partial charge is 0.870 e. The summed E-state index contributed by atoms with van der Waals surface area (Å²) in [6.07, 6.45) is 0.721. The van der Waals surface area contributed by atoms with Crippen molar-refractivity contribution in [2.75, 3.05) is 35.3 Å². The molecule has 1 aromatic carbocycles. The highest BCUT2D eigenvalue weighted by Gasteiger charge is 2.36. The Balaban J connectivity index is -0.000000353. The summed E-state index contributed by atoms with van der Waals surface area (Å²) in [5, 5.41) is 8.25. The van der Waals surface area contributed by atoms with Crippen LogP contribution in [0.3, 0.4) is 0 Å². The zero-order valence-corrected chi connectivity index (χ0v) is 28.8. The Bertz CT molecular complexity index is 956. The van der Waals surface area contributed by atoms with Gasteiger partial charge in [0.05, 0.1) is 53.0 Å². The molecule has 0 fully saturated rings. The van der Waals surface area contributed by atoms with Crippen molar-refractivity contribution >= 4 is 40.5 Å². The lowest BCUT2D eigenvalue weighted by Gasteiger charge is -2.33. The van der Waals surface area contributed by atoms with E-state index in [-0.39, 0.29) is 37.0 Å². The maximum absolute atomic E-state index is 12.3. The van der Waals surface area contributed by atoms with E-state index in [1.807, 2.05) is 59.7 Å². The van der Waals surface area contributed by atoms with Crippen LogP contribution in [0, 0.1) is 19.8 Å². The quantitative estimate of drug-likeness (QED) is 0.190. The van der Waals surface area contributed by atoms with Crippen molar-refractivity contribution < 1.29 is 44.7 Å². The number of hydrogen-bond donors (Lipinski definition) is 1. The van der Waals surface area contributed by atoms with Gasteiger partial charge in [0.15, 0.2) is 0 Å². The number of carbonyl (C=O) groups is 3. The van der Waals surface area contributed by atoms with Crippen LogP contribution < -0.4 is 0 Å². The van der Waals surface area contributed by atoms with E-state index in [0.29, 0.717) is 12.8 Å². The van der Waals surface area contributed by atoms with Crippen LogP contribution in [0.2, 0.25) is 0 Å². The Morgan fingerprint density at radius 2 is 1.15 bits per heavy atom. The first kappa shape index (κ1) is 43.7. The molecule has 0 bridgehead atoms. The number of carboxylic acids is 1. The fraction of sp³-hybridized carbons (Fsp3) is 0.710. The van der Waals surface area contributed by atoms with Gasteiger partial charge in [-0.3, -0.25) is 18.8 Å². The van der Waals surface area contributed by atoms with Gasteiger partial charge in [-0.05, 0) is 115 Å². The number of carboxylic acid groups (broad SMARTS) is 1. The summed E-state index contributed by atoms with van der Waals surface area (Å²) in [7, 11) is 7.50. The minimum atomic E-state index is -1.00. The Labute approximate surface area is 263 Å². The first-order valence-electron chi connectivity index (χ1n) is 13.5. The van der Waals surface area contributed by atoms with Crippen molar-refractivity contribution in [2.24, 2.45) is 16.2 Å². The second kappa shape index (κ2) is 18.7. The zero-order valence-electron chi connectivity index (χ0n) is 27.6. The van der Waals surface area contributed by atoms with Gasteiger partial charge in [-0.1, -0.05) is 13.5 Å². The van der Waals surface area contributed by atoms with Crippen molar-refractivity contribution in [3.8, 4) is 0 Å². The number of alkyl halides is 1. The number of ether oxygens (including phenoxy) is 2. The molecule has 242 valence electrons. The molecule has 0 aliphatic heterocycles. The molecule has 0 heterocycles. The fourth-order valence-corrected chi connectivity index (χ4v) is 3.10. The molecule has 0 saturated carbocycles. The average molecular weight is 703 g/mol. The van der Waals surface area contributed by atoms with E-state index >= 15 is 0 Å². The van der Waals surface area contributed by atoms with E-state index in [1.165, 1.54) is 0 Å². The van der Waals surface area contributed by atoms with Gasteiger partial charge >= 0.3 is 17.9 Å². The Morgan fingerprint density at radius 1 is 0.854 bits per heavy atom. The molecule has 1 aromatic rings. The molecule has 1 aliphatic carbocycles. The van der Waals surface area contributed by atoms with Gasteiger partial charge in [0.25, 0.3) is 0 Å². The molecule has 8 nitrogen and oxygen atoms in total. The first-order chi connectivity index (χ1) is 17.7. The van der Waals surface area contributed by atoms with E-state index in [1.54, 1.807) is 20.8 Å². The first-order valence-corrected chi connectivity index (χ1v) is 13.9. The molecule has 1 aliphatic rings. The van der Waals surface area contributed by atoms with Crippen LogP contribution in [0.5, 0.6) is 0 Å². The Morgan fingerprint density at radius 3 is 1.41 bits per heavy atom. The zero-order chi connectivity index (χ0) is 32.3. The normalized spacial score (nSPS) is 16.4. The molecule has 41 heavy (non-hydrogen) atoms. The summed E-state index contributed by atoms with van der Waals surface area (Å²) >= 11 is 2.24. The highest BCUT2D eigenvalue weighted by Crippen LogP contribution is 2.42. The maximum atomic E-state index is 12.3. The number of nitrogens with zero attached hydrogens (tertiary/aromatic N) is 1. The van der Waals surface area contributed by atoms with Crippen molar-refractivity contribution in [3.63, 3.8) is 0 Å². The predicted molar refractivity (Wildman–Crippen MR) is 172 cm³/mol. The Hall–Kier alpha value is -1.79. The van der Waals surface area contributed by atoms with Gasteiger partial charge in [0.1, 0.15) is 12.2 Å². The summed E-state index contributed by atoms with van der Waals surface area (Å²) < 4.78 is 29.1. The maximum Gasteiger partial charge on any atom is 0.311 e. The highest BCUT2D eigenvalue weighted by molar-refractivity contribution is 14.1. The van der Waals surface area contributed by atoms with Gasteiger partial charge in [-0.15, -0.1) is 0 Å². The van der Waals surface area contributed by atoms with Gasteiger partial charge in [0, 0.05) is 9.13 Å². The standard InChI is InChI=1S/C20H27IO4.C5H10O2.C4H12N.CH3F.CH4.H2O/c1-19(2,3)17(22)24-15-9-10-16(25-18(23)20(4,5)6)14-11-12(21)7-8-13(14)15;1-5(2,3)4(6)7;1-5(2,3)4;1-2;;/h7-8,11,15-16H,9-10H2,1-6H3;1-3H3,(H,6,7);1-4H3;1H3;1H4;1H2/q;;+1;;;/p-1/i;;;1D;;. The highest BCUT2D eigenvalue weighted by atomic mass is 127. The van der Waals surface area contributed by atoms with Gasteiger partial charge in [0.2, 0.25) is 0 Å². The molecular weight excluding hydrogens is 644 g/mol. The van der Waals surface area contributed by atoms with E-state index in [2.05, 4.69) is 50.8 Å². The van der Waals surface area contributed by atoms with Crippen LogP contribution in [0.25, 0.3) is 0 Å². The third-order valence-electron chi connectivity index (χ3n) is 4.80. The molecule has 2 N–H and O–H groups in total. The van der Waals surface area contributed by atoms with Crippen molar-refractivity contribution in [3.05, 3.63) is 32.9 Å². The van der Waals surface area contributed by atoms with Crippen LogP contribution in [-0.2, 0) is 23.9 Å². The minimum absolute atomic E-state index is 0. The molecule has 0 radical (unpaired) electrons. The molecular formula is C31H57FINO7. The van der Waals surface area contributed by atoms with Crippen molar-refractivity contribution in [2.45, 2.75) is 94.8 Å². The molecule has 0 saturated heterocycles. The lowest BCUT2D eigenvalue weighted by molar-refractivity contribution is -0.849. The fourth-order valence-electron chi connectivity index (χ4n) is 2.59. The molecule has 2 atom stereocenters. The smallest absolute Gasteiger partial charge is 0.311 e. The second-order valence-corrected chi connectivity index (χ2v) is 15.1. The summed E-state index contributed by atoms with van der Waals surface area (Å²) in [6.45, 7) is 16.1. The lowest BCUT2D eigenvalue weighted by atomic mass is 9.86. The minimum Gasteiger partial charge on any atom is -0.870 e. The van der Waals surface area contributed by atoms with Gasteiger partial charge in [-0.25, -0.2) is 0 Å². The predicted octanol–water partition coefficient (Wildman–Crippen LogP) is 7.83. The number of halogens is 2. The third-order valence-corrected chi connectivity index (χ3v) is 5.47. The molecule has 0 spiro atoms. The van der Waals surface area contributed by atoms with Crippen LogP contribution >= 0.6 is 22.6 Å². The summed E-state index contributed by atoms with van der Waals surface area (Å²) in [5.74, 6) is -1.19. The van der Waals surface area contributed by atoms with Crippen molar-refractivity contribution in [1.29, 1.82) is 0 Å². The summed E-state index contributed by atoms with van der Waals surface area (Å²) in [6, 6.07) is 5.99. The number of rotatable bonds is 2. The molecule has 10 heteroatoms. The van der Waals surface area contributed by atoms with Gasteiger partial charge in [-0.2, -0.15) is 0 Å². The summed E-state index contributed by atoms with van der Waals surface area (Å²) in [4.78, 5) is 34.6. The van der Waals surface area contributed by atoms with E-state index in [4.69, 9.17) is 16.0 Å². The topological polar surface area (TPSA) is 120 Å². The number of fused-ring (bicyclic) bond motifs is 1. The van der Waals surface area contributed by atoms with Crippen LogP contribution in [0.15, 0.2) is 18.2 Å². The van der Waals surface area contributed by atoms with Crippen LogP contribution in [0.4, 0.5) is 4.39 Å². The molecule has 2 rings (SSSR count).